The molecule has 4 nitrogen and oxygen atoms in total. The van der Waals surface area contributed by atoms with Crippen molar-refractivity contribution in [2.75, 3.05) is 0 Å². The molecule has 72 valence electrons. The normalized spacial score (nSPS) is 10.4. The number of aromatic nitrogens is 3. The summed E-state index contributed by atoms with van der Waals surface area (Å²) in [7, 11) is 0. The van der Waals surface area contributed by atoms with Gasteiger partial charge in [-0.25, -0.2) is 0 Å². The van der Waals surface area contributed by atoms with Crippen LogP contribution in [0.3, 0.4) is 0 Å². The van der Waals surface area contributed by atoms with Crippen molar-refractivity contribution in [3.8, 4) is 0 Å². The summed E-state index contributed by atoms with van der Waals surface area (Å²) in [6.45, 7) is 2.75. The molecule has 0 saturated heterocycles. The van der Waals surface area contributed by atoms with Crippen molar-refractivity contribution in [2.24, 2.45) is 0 Å². The van der Waals surface area contributed by atoms with Crippen molar-refractivity contribution in [1.82, 2.24) is 9.78 Å². The minimum atomic E-state index is 0.736. The van der Waals surface area contributed by atoms with E-state index < -0.39 is 0 Å². The van der Waals surface area contributed by atoms with Crippen LogP contribution < -0.4 is 4.73 Å². The van der Waals surface area contributed by atoms with E-state index in [4.69, 9.17) is 5.21 Å². The summed E-state index contributed by atoms with van der Waals surface area (Å²) in [6.07, 6.45) is 4.99. The van der Waals surface area contributed by atoms with Crippen LogP contribution in [0.1, 0.15) is 11.3 Å². The van der Waals surface area contributed by atoms with Gasteiger partial charge in [-0.1, -0.05) is 0 Å². The summed E-state index contributed by atoms with van der Waals surface area (Å²) in [5, 5.41) is 13.2. The number of rotatable bonds is 2. The first-order valence-corrected chi connectivity index (χ1v) is 4.43. The standard InChI is InChI=1S/C10H12N3O/c1-9-2-5-11-13(9)8-10-3-6-12(14)7-4-10/h2-7,14H,8H2,1H3/q+1. The molecule has 0 atom stereocenters. The molecule has 0 aliphatic rings. The van der Waals surface area contributed by atoms with Gasteiger partial charge < -0.3 is 0 Å². The quantitative estimate of drug-likeness (QED) is 0.561. The average molecular weight is 190 g/mol. The Morgan fingerprint density at radius 3 is 2.64 bits per heavy atom. The highest BCUT2D eigenvalue weighted by Gasteiger charge is 2.01. The lowest BCUT2D eigenvalue weighted by Gasteiger charge is -2.02. The van der Waals surface area contributed by atoms with Crippen LogP contribution >= 0.6 is 0 Å². The van der Waals surface area contributed by atoms with E-state index >= 15 is 0 Å². The van der Waals surface area contributed by atoms with E-state index in [-0.39, 0.29) is 0 Å². The van der Waals surface area contributed by atoms with Gasteiger partial charge in [-0.15, -0.1) is 0 Å². The predicted molar refractivity (Wildman–Crippen MR) is 49.9 cm³/mol. The molecule has 2 aromatic heterocycles. The first-order chi connectivity index (χ1) is 6.75. The molecule has 0 aromatic carbocycles. The smallest absolute Gasteiger partial charge is 0.222 e. The zero-order valence-electron chi connectivity index (χ0n) is 7.96. The molecule has 0 amide bonds. The fraction of sp³-hybridized carbons (Fsp3) is 0.200. The first kappa shape index (κ1) is 8.74. The summed E-state index contributed by atoms with van der Waals surface area (Å²) in [5.74, 6) is 0. The molecule has 0 radical (unpaired) electrons. The Kier molecular flexibility index (Phi) is 2.18. The van der Waals surface area contributed by atoms with Gasteiger partial charge in [0, 0.05) is 28.8 Å². The molecule has 0 bridgehead atoms. The van der Waals surface area contributed by atoms with Crippen molar-refractivity contribution < 1.29 is 9.94 Å². The fourth-order valence-electron chi connectivity index (χ4n) is 1.29. The summed E-state index contributed by atoms with van der Waals surface area (Å²) in [6, 6.07) is 5.69. The van der Waals surface area contributed by atoms with Crippen LogP contribution in [0.25, 0.3) is 0 Å². The average Bonchev–Trinajstić information content (AvgIpc) is 2.56. The van der Waals surface area contributed by atoms with Gasteiger partial charge in [-0.2, -0.15) is 5.10 Å². The second kappa shape index (κ2) is 3.49. The SMILES string of the molecule is Cc1ccnn1Cc1cc[n+](O)cc1. The Hall–Kier alpha value is -1.84. The predicted octanol–water partition coefficient (Wildman–Crippen LogP) is 0.765. The number of hydrogen-bond acceptors (Lipinski definition) is 2. The van der Waals surface area contributed by atoms with E-state index in [9.17, 15) is 0 Å². The lowest BCUT2D eigenvalue weighted by molar-refractivity contribution is -0.904. The van der Waals surface area contributed by atoms with E-state index in [1.807, 2.05) is 29.8 Å². The molecular weight excluding hydrogens is 178 g/mol. The Labute approximate surface area is 82.0 Å². The third kappa shape index (κ3) is 1.74. The maximum atomic E-state index is 9.03. The molecule has 0 spiro atoms. The summed E-state index contributed by atoms with van der Waals surface area (Å²) >= 11 is 0. The molecule has 0 aliphatic heterocycles. The highest BCUT2D eigenvalue weighted by atomic mass is 16.5. The number of pyridine rings is 1. The van der Waals surface area contributed by atoms with Crippen molar-refractivity contribution in [3.05, 3.63) is 48.0 Å². The Morgan fingerprint density at radius 2 is 2.07 bits per heavy atom. The van der Waals surface area contributed by atoms with Crippen LogP contribution in [0.2, 0.25) is 0 Å². The maximum absolute atomic E-state index is 9.03. The van der Waals surface area contributed by atoms with Crippen LogP contribution in [0.4, 0.5) is 0 Å². The van der Waals surface area contributed by atoms with Crippen molar-refractivity contribution in [1.29, 1.82) is 0 Å². The van der Waals surface area contributed by atoms with Gasteiger partial charge in [0.2, 0.25) is 12.4 Å². The van der Waals surface area contributed by atoms with Gasteiger partial charge in [0.15, 0.2) is 0 Å². The molecule has 0 fully saturated rings. The molecule has 0 unspecified atom stereocenters. The third-order valence-corrected chi connectivity index (χ3v) is 2.14. The van der Waals surface area contributed by atoms with E-state index in [0.29, 0.717) is 0 Å². The number of nitrogens with zero attached hydrogens (tertiary/aromatic N) is 3. The van der Waals surface area contributed by atoms with Gasteiger partial charge in [0.25, 0.3) is 0 Å². The third-order valence-electron chi connectivity index (χ3n) is 2.14. The maximum Gasteiger partial charge on any atom is 0.222 e. The summed E-state index contributed by atoms with van der Waals surface area (Å²) < 4.78 is 2.94. The van der Waals surface area contributed by atoms with Gasteiger partial charge >= 0.3 is 0 Å². The zero-order valence-corrected chi connectivity index (χ0v) is 7.96. The van der Waals surface area contributed by atoms with E-state index in [0.717, 1.165) is 22.5 Å². The largest absolute Gasteiger partial charge is 0.285 e. The Bertz CT molecular complexity index is 419. The van der Waals surface area contributed by atoms with E-state index in [2.05, 4.69) is 5.10 Å². The monoisotopic (exact) mass is 190 g/mol. The topological polar surface area (TPSA) is 41.9 Å². The van der Waals surface area contributed by atoms with Gasteiger partial charge in [0.1, 0.15) is 0 Å². The molecule has 0 saturated carbocycles. The highest BCUT2D eigenvalue weighted by molar-refractivity contribution is 5.09. The number of hydrogen-bond donors (Lipinski definition) is 1. The van der Waals surface area contributed by atoms with Crippen molar-refractivity contribution in [2.45, 2.75) is 13.5 Å². The molecule has 2 rings (SSSR count). The van der Waals surface area contributed by atoms with Gasteiger partial charge in [-0.3, -0.25) is 9.89 Å². The van der Waals surface area contributed by atoms with Crippen LogP contribution in [0.15, 0.2) is 36.8 Å². The molecule has 14 heavy (non-hydrogen) atoms. The van der Waals surface area contributed by atoms with Crippen LogP contribution in [0, 0.1) is 6.92 Å². The summed E-state index contributed by atoms with van der Waals surface area (Å²) in [5.41, 5.74) is 2.24. The second-order valence-corrected chi connectivity index (χ2v) is 3.22. The molecule has 0 aliphatic carbocycles. The van der Waals surface area contributed by atoms with Crippen LogP contribution in [0.5, 0.6) is 0 Å². The minimum Gasteiger partial charge on any atom is -0.285 e. The lowest BCUT2D eigenvalue weighted by atomic mass is 10.3. The van der Waals surface area contributed by atoms with Crippen molar-refractivity contribution in [3.63, 3.8) is 0 Å². The van der Waals surface area contributed by atoms with Gasteiger partial charge in [0.05, 0.1) is 6.54 Å². The minimum absolute atomic E-state index is 0.736. The Morgan fingerprint density at radius 1 is 1.36 bits per heavy atom. The zero-order chi connectivity index (χ0) is 9.97. The summed E-state index contributed by atoms with van der Waals surface area (Å²) in [4.78, 5) is 0. The van der Waals surface area contributed by atoms with Crippen LogP contribution in [-0.4, -0.2) is 15.0 Å². The van der Waals surface area contributed by atoms with Crippen LogP contribution in [-0.2, 0) is 6.54 Å². The van der Waals surface area contributed by atoms with E-state index in [1.165, 1.54) is 0 Å². The second-order valence-electron chi connectivity index (χ2n) is 3.22. The molecule has 2 aromatic rings. The molecular formula is C10H12N3O+. The molecule has 2 heterocycles. The lowest BCUT2D eigenvalue weighted by Crippen LogP contribution is -2.28. The first-order valence-electron chi connectivity index (χ1n) is 4.43. The van der Waals surface area contributed by atoms with E-state index in [1.54, 1.807) is 18.6 Å². The highest BCUT2D eigenvalue weighted by Crippen LogP contribution is 2.02. The van der Waals surface area contributed by atoms with Crippen molar-refractivity contribution >= 4 is 0 Å². The van der Waals surface area contributed by atoms with Gasteiger partial charge in [-0.05, 0) is 18.6 Å². The Balaban J connectivity index is 2.19. The molecule has 1 N–H and O–H groups in total. The number of aryl methyl sites for hydroxylation is 1. The molecule has 4 heteroatoms. The fourth-order valence-corrected chi connectivity index (χ4v) is 1.29.